The summed E-state index contributed by atoms with van der Waals surface area (Å²) in [7, 11) is 2.15. The topological polar surface area (TPSA) is 72.1 Å². The van der Waals surface area contributed by atoms with Crippen molar-refractivity contribution in [2.75, 3.05) is 66.3 Å². The quantitative estimate of drug-likeness (QED) is 0.304. The summed E-state index contributed by atoms with van der Waals surface area (Å²) in [6.07, 6.45) is 4.32. The van der Waals surface area contributed by atoms with Crippen LogP contribution in [0.5, 0.6) is 17.2 Å². The summed E-state index contributed by atoms with van der Waals surface area (Å²) in [6.45, 7) is 10.2. The van der Waals surface area contributed by atoms with E-state index in [1.165, 1.54) is 18.4 Å². The molecule has 0 atom stereocenters. The van der Waals surface area contributed by atoms with Gasteiger partial charge < -0.3 is 23.8 Å². The van der Waals surface area contributed by atoms with Crippen molar-refractivity contribution in [2.24, 2.45) is 0 Å². The molecule has 1 aliphatic heterocycles. The third-order valence-corrected chi connectivity index (χ3v) is 6.40. The Morgan fingerprint density at radius 1 is 0.946 bits per heavy atom. The molecule has 0 unspecified atom stereocenters. The molecule has 8 nitrogen and oxygen atoms in total. The third-order valence-electron chi connectivity index (χ3n) is 6.40. The summed E-state index contributed by atoms with van der Waals surface area (Å²) in [5.74, 6) is 2.41. The van der Waals surface area contributed by atoms with Gasteiger partial charge >= 0.3 is 0 Å². The van der Waals surface area contributed by atoms with Gasteiger partial charge in [-0.05, 0) is 56.4 Å². The van der Waals surface area contributed by atoms with Crippen LogP contribution in [-0.2, 0) is 11.3 Å². The molecule has 2 heterocycles. The number of nitrogens with one attached hydrogen (secondary N) is 1. The van der Waals surface area contributed by atoms with Crippen LogP contribution >= 0.6 is 0 Å². The van der Waals surface area contributed by atoms with Crippen LogP contribution in [-0.4, -0.2) is 86.3 Å². The maximum Gasteiger partial charge on any atom is 0.123 e. The fourth-order valence-corrected chi connectivity index (χ4v) is 4.29. The van der Waals surface area contributed by atoms with Crippen LogP contribution in [0.1, 0.15) is 25.3 Å². The van der Waals surface area contributed by atoms with E-state index in [1.54, 1.807) is 0 Å². The third kappa shape index (κ3) is 8.77. The Morgan fingerprint density at radius 3 is 2.38 bits per heavy atom. The second-order valence-corrected chi connectivity index (χ2v) is 9.36. The first-order chi connectivity index (χ1) is 18.2. The molecule has 37 heavy (non-hydrogen) atoms. The molecule has 1 aromatic heterocycles. The standard InChI is InChI=1S/C29H40N4O4/c1-3-4-12-32(2)23-25-22-30-31-29(25)24-8-10-26(11-9-24)36-19-20-37-28-7-5-6-27(21-28)35-18-15-33-13-16-34-17-14-33/h5-11,21-22H,3-4,12-20,23H2,1-2H3,(H,30,31). The second-order valence-electron chi connectivity index (χ2n) is 9.36. The molecule has 1 aliphatic rings. The van der Waals surface area contributed by atoms with Crippen molar-refractivity contribution >= 4 is 0 Å². The molecule has 3 aromatic rings. The van der Waals surface area contributed by atoms with E-state index in [0.29, 0.717) is 19.8 Å². The number of nitrogens with zero attached hydrogens (tertiary/aromatic N) is 3. The van der Waals surface area contributed by atoms with E-state index in [9.17, 15) is 0 Å². The molecule has 200 valence electrons. The molecule has 0 bridgehead atoms. The van der Waals surface area contributed by atoms with Crippen LogP contribution in [0.15, 0.2) is 54.7 Å². The molecule has 8 heteroatoms. The van der Waals surface area contributed by atoms with E-state index in [1.807, 2.05) is 42.6 Å². The van der Waals surface area contributed by atoms with Crippen molar-refractivity contribution in [3.63, 3.8) is 0 Å². The molecule has 1 fully saturated rings. The number of aromatic nitrogens is 2. The van der Waals surface area contributed by atoms with Crippen molar-refractivity contribution < 1.29 is 18.9 Å². The Hall–Kier alpha value is -3.07. The van der Waals surface area contributed by atoms with Gasteiger partial charge in [0.05, 0.1) is 25.1 Å². The molecule has 0 amide bonds. The zero-order valence-corrected chi connectivity index (χ0v) is 22.2. The van der Waals surface area contributed by atoms with E-state index in [4.69, 9.17) is 18.9 Å². The molecule has 1 saturated heterocycles. The first-order valence-electron chi connectivity index (χ1n) is 13.3. The van der Waals surface area contributed by atoms with E-state index < -0.39 is 0 Å². The molecule has 2 aromatic carbocycles. The Morgan fingerprint density at radius 2 is 1.65 bits per heavy atom. The van der Waals surface area contributed by atoms with E-state index in [2.05, 4.69) is 46.1 Å². The fourth-order valence-electron chi connectivity index (χ4n) is 4.29. The van der Waals surface area contributed by atoms with Gasteiger partial charge in [-0.2, -0.15) is 5.10 Å². The van der Waals surface area contributed by atoms with Crippen molar-refractivity contribution in [3.05, 3.63) is 60.3 Å². The Labute approximate surface area is 220 Å². The number of rotatable bonds is 15. The van der Waals surface area contributed by atoms with Gasteiger partial charge in [0.15, 0.2) is 0 Å². The van der Waals surface area contributed by atoms with Gasteiger partial charge in [0.25, 0.3) is 0 Å². The summed E-state index contributed by atoms with van der Waals surface area (Å²) in [5.41, 5.74) is 3.36. The minimum Gasteiger partial charge on any atom is -0.492 e. The monoisotopic (exact) mass is 508 g/mol. The number of hydrogen-bond acceptors (Lipinski definition) is 7. The number of hydrogen-bond donors (Lipinski definition) is 1. The average molecular weight is 509 g/mol. The van der Waals surface area contributed by atoms with Crippen molar-refractivity contribution in [1.29, 1.82) is 0 Å². The van der Waals surface area contributed by atoms with Crippen LogP contribution < -0.4 is 14.2 Å². The lowest BCUT2D eigenvalue weighted by atomic mass is 10.1. The first-order valence-corrected chi connectivity index (χ1v) is 13.3. The van der Waals surface area contributed by atoms with Gasteiger partial charge in [-0.3, -0.25) is 10.00 Å². The average Bonchev–Trinajstić information content (AvgIpc) is 3.39. The Balaban J connectivity index is 1.18. The Kier molecular flexibility index (Phi) is 10.7. The highest BCUT2D eigenvalue weighted by Gasteiger charge is 2.11. The number of morpholine rings is 1. The SMILES string of the molecule is CCCCN(C)Cc1cn[nH]c1-c1ccc(OCCOc2cccc(OCCN3CCOCC3)c2)cc1. The number of benzene rings is 2. The van der Waals surface area contributed by atoms with Crippen LogP contribution in [0, 0.1) is 0 Å². The van der Waals surface area contributed by atoms with Crippen LogP contribution in [0.25, 0.3) is 11.3 Å². The van der Waals surface area contributed by atoms with Crippen molar-refractivity contribution in [2.45, 2.75) is 26.3 Å². The smallest absolute Gasteiger partial charge is 0.123 e. The predicted molar refractivity (Wildman–Crippen MR) is 145 cm³/mol. The molecule has 0 radical (unpaired) electrons. The largest absolute Gasteiger partial charge is 0.492 e. The van der Waals surface area contributed by atoms with Crippen LogP contribution in [0.3, 0.4) is 0 Å². The van der Waals surface area contributed by atoms with E-state index in [-0.39, 0.29) is 0 Å². The van der Waals surface area contributed by atoms with Gasteiger partial charge in [0, 0.05) is 43.4 Å². The molecule has 0 aliphatic carbocycles. The Bertz CT molecular complexity index is 1050. The molecule has 0 spiro atoms. The maximum atomic E-state index is 5.91. The number of ether oxygens (including phenoxy) is 4. The lowest BCUT2D eigenvalue weighted by Crippen LogP contribution is -2.38. The minimum absolute atomic E-state index is 0.452. The van der Waals surface area contributed by atoms with Gasteiger partial charge in [-0.1, -0.05) is 19.4 Å². The second kappa shape index (κ2) is 14.6. The van der Waals surface area contributed by atoms with Gasteiger partial charge in [-0.25, -0.2) is 0 Å². The summed E-state index contributed by atoms with van der Waals surface area (Å²) >= 11 is 0. The van der Waals surface area contributed by atoms with Gasteiger partial charge in [-0.15, -0.1) is 0 Å². The van der Waals surface area contributed by atoms with Crippen LogP contribution in [0.4, 0.5) is 0 Å². The summed E-state index contributed by atoms with van der Waals surface area (Å²) in [5, 5.41) is 7.42. The summed E-state index contributed by atoms with van der Waals surface area (Å²) in [6, 6.07) is 15.9. The highest BCUT2D eigenvalue weighted by Crippen LogP contribution is 2.25. The predicted octanol–water partition coefficient (Wildman–Crippen LogP) is 4.48. The minimum atomic E-state index is 0.452. The first kappa shape index (κ1) is 27.0. The van der Waals surface area contributed by atoms with Crippen molar-refractivity contribution in [1.82, 2.24) is 20.0 Å². The zero-order chi connectivity index (χ0) is 25.7. The fraction of sp³-hybridized carbons (Fsp3) is 0.483. The van der Waals surface area contributed by atoms with Gasteiger partial charge in [0.1, 0.15) is 37.1 Å². The molecular formula is C29H40N4O4. The molecule has 1 N–H and O–H groups in total. The highest BCUT2D eigenvalue weighted by molar-refractivity contribution is 5.63. The zero-order valence-electron chi connectivity index (χ0n) is 22.2. The maximum absolute atomic E-state index is 5.91. The van der Waals surface area contributed by atoms with Crippen molar-refractivity contribution in [3.8, 4) is 28.5 Å². The summed E-state index contributed by atoms with van der Waals surface area (Å²) in [4.78, 5) is 4.69. The highest BCUT2D eigenvalue weighted by atomic mass is 16.5. The normalized spacial score (nSPS) is 14.1. The van der Waals surface area contributed by atoms with Gasteiger partial charge in [0.2, 0.25) is 0 Å². The molecule has 0 saturated carbocycles. The summed E-state index contributed by atoms with van der Waals surface area (Å²) < 4.78 is 23.1. The number of H-pyrrole nitrogens is 1. The number of aromatic amines is 1. The molecule has 4 rings (SSSR count). The van der Waals surface area contributed by atoms with E-state index >= 15 is 0 Å². The molecular weight excluding hydrogens is 468 g/mol. The van der Waals surface area contributed by atoms with E-state index in [0.717, 1.165) is 74.4 Å². The van der Waals surface area contributed by atoms with Crippen LogP contribution in [0.2, 0.25) is 0 Å². The lowest BCUT2D eigenvalue weighted by molar-refractivity contribution is 0.0322. The lowest BCUT2D eigenvalue weighted by Gasteiger charge is -2.26. The number of unbranched alkanes of at least 4 members (excludes halogenated alkanes) is 1.